The molecule has 0 spiro atoms. The van der Waals surface area contributed by atoms with Crippen LogP contribution in [0.5, 0.6) is 0 Å². The standard InChI is InChI=1S/C21H18BrNOS/c1-14-3-4-15(2)20(13-14)21(24)23-17-7-11-19(12-8-17)25-18-9-5-16(22)6-10-18/h3-13H,1-2H3,(H,23,24). The number of aryl methyl sites for hydroxylation is 2. The molecule has 0 saturated carbocycles. The molecular weight excluding hydrogens is 394 g/mol. The minimum atomic E-state index is -0.0745. The number of nitrogens with one attached hydrogen (secondary N) is 1. The Labute approximate surface area is 160 Å². The van der Waals surface area contributed by atoms with E-state index in [1.165, 1.54) is 4.90 Å². The predicted octanol–water partition coefficient (Wildman–Crippen LogP) is 6.47. The van der Waals surface area contributed by atoms with Crippen LogP contribution in [0, 0.1) is 13.8 Å². The van der Waals surface area contributed by atoms with E-state index in [2.05, 4.69) is 33.4 Å². The van der Waals surface area contributed by atoms with Crippen LogP contribution in [-0.2, 0) is 0 Å². The molecule has 0 saturated heterocycles. The largest absolute Gasteiger partial charge is 0.322 e. The third kappa shape index (κ3) is 4.74. The van der Waals surface area contributed by atoms with Crippen LogP contribution in [0.1, 0.15) is 21.5 Å². The van der Waals surface area contributed by atoms with Crippen molar-refractivity contribution in [2.24, 2.45) is 0 Å². The van der Waals surface area contributed by atoms with E-state index in [1.54, 1.807) is 11.8 Å². The SMILES string of the molecule is Cc1ccc(C)c(C(=O)Nc2ccc(Sc3ccc(Br)cc3)cc2)c1. The lowest BCUT2D eigenvalue weighted by Gasteiger charge is -2.09. The summed E-state index contributed by atoms with van der Waals surface area (Å²) >= 11 is 5.13. The second kappa shape index (κ2) is 7.89. The highest BCUT2D eigenvalue weighted by molar-refractivity contribution is 9.10. The van der Waals surface area contributed by atoms with Crippen molar-refractivity contribution < 1.29 is 4.79 Å². The van der Waals surface area contributed by atoms with Crippen LogP contribution in [0.3, 0.4) is 0 Å². The third-order valence-corrected chi connectivity index (χ3v) is 5.34. The van der Waals surface area contributed by atoms with Crippen LogP contribution in [0.15, 0.2) is 81.0 Å². The molecule has 0 aromatic heterocycles. The monoisotopic (exact) mass is 411 g/mol. The summed E-state index contributed by atoms with van der Waals surface area (Å²) in [4.78, 5) is 14.8. The van der Waals surface area contributed by atoms with Crippen molar-refractivity contribution in [1.29, 1.82) is 0 Å². The van der Waals surface area contributed by atoms with Crippen molar-refractivity contribution in [3.05, 3.63) is 87.9 Å². The van der Waals surface area contributed by atoms with Crippen LogP contribution in [0.4, 0.5) is 5.69 Å². The minimum Gasteiger partial charge on any atom is -0.322 e. The average Bonchev–Trinajstić information content (AvgIpc) is 2.60. The Morgan fingerprint density at radius 2 is 1.48 bits per heavy atom. The molecule has 0 aliphatic carbocycles. The molecule has 3 aromatic rings. The molecule has 1 amide bonds. The Morgan fingerprint density at radius 3 is 2.12 bits per heavy atom. The van der Waals surface area contributed by atoms with Gasteiger partial charge in [-0.25, -0.2) is 0 Å². The van der Waals surface area contributed by atoms with E-state index in [9.17, 15) is 4.79 Å². The van der Waals surface area contributed by atoms with Gasteiger partial charge in [-0.15, -0.1) is 0 Å². The van der Waals surface area contributed by atoms with Gasteiger partial charge in [0.05, 0.1) is 0 Å². The highest BCUT2D eigenvalue weighted by atomic mass is 79.9. The number of rotatable bonds is 4. The Hall–Kier alpha value is -2.04. The molecule has 0 bridgehead atoms. The molecular formula is C21H18BrNOS. The van der Waals surface area contributed by atoms with Gasteiger partial charge in [0.2, 0.25) is 0 Å². The van der Waals surface area contributed by atoms with Gasteiger partial charge in [0.1, 0.15) is 0 Å². The zero-order chi connectivity index (χ0) is 17.8. The van der Waals surface area contributed by atoms with Crippen molar-refractivity contribution in [3.8, 4) is 0 Å². The lowest BCUT2D eigenvalue weighted by molar-refractivity contribution is 0.102. The Balaban J connectivity index is 1.69. The maximum atomic E-state index is 12.5. The highest BCUT2D eigenvalue weighted by Gasteiger charge is 2.09. The molecule has 1 N–H and O–H groups in total. The fraction of sp³-hybridized carbons (Fsp3) is 0.0952. The Bertz CT molecular complexity index is 889. The van der Waals surface area contributed by atoms with Gasteiger partial charge >= 0.3 is 0 Å². The van der Waals surface area contributed by atoms with E-state index in [1.807, 2.05) is 68.4 Å². The van der Waals surface area contributed by atoms with Crippen molar-refractivity contribution in [2.75, 3.05) is 5.32 Å². The number of benzene rings is 3. The van der Waals surface area contributed by atoms with E-state index >= 15 is 0 Å². The van der Waals surface area contributed by atoms with E-state index in [0.29, 0.717) is 5.56 Å². The summed E-state index contributed by atoms with van der Waals surface area (Å²) in [6.45, 7) is 3.94. The average molecular weight is 412 g/mol. The fourth-order valence-corrected chi connectivity index (χ4v) is 3.50. The molecule has 126 valence electrons. The number of carbonyl (C=O) groups is 1. The summed E-state index contributed by atoms with van der Waals surface area (Å²) < 4.78 is 1.07. The van der Waals surface area contributed by atoms with Crippen molar-refractivity contribution in [2.45, 2.75) is 23.6 Å². The minimum absolute atomic E-state index is 0.0745. The zero-order valence-corrected chi connectivity index (χ0v) is 16.4. The summed E-state index contributed by atoms with van der Waals surface area (Å²) in [5, 5.41) is 2.97. The first-order valence-electron chi connectivity index (χ1n) is 7.93. The quantitative estimate of drug-likeness (QED) is 0.532. The van der Waals surface area contributed by atoms with Crippen LogP contribution in [0.2, 0.25) is 0 Å². The summed E-state index contributed by atoms with van der Waals surface area (Å²) in [5.41, 5.74) is 3.57. The Morgan fingerprint density at radius 1 is 0.880 bits per heavy atom. The molecule has 3 aromatic carbocycles. The lowest BCUT2D eigenvalue weighted by atomic mass is 10.1. The molecule has 2 nitrogen and oxygen atoms in total. The number of amides is 1. The molecule has 0 aliphatic rings. The summed E-state index contributed by atoms with van der Waals surface area (Å²) in [5.74, 6) is -0.0745. The number of halogens is 1. The molecule has 0 heterocycles. The maximum absolute atomic E-state index is 12.5. The van der Waals surface area contributed by atoms with Gasteiger partial charge in [0.15, 0.2) is 0 Å². The van der Waals surface area contributed by atoms with E-state index in [0.717, 1.165) is 26.2 Å². The first kappa shape index (κ1) is 17.8. The molecule has 0 radical (unpaired) electrons. The molecule has 0 aliphatic heterocycles. The topological polar surface area (TPSA) is 29.1 Å². The van der Waals surface area contributed by atoms with Crippen LogP contribution in [-0.4, -0.2) is 5.91 Å². The number of anilines is 1. The second-order valence-electron chi connectivity index (χ2n) is 5.85. The molecule has 0 fully saturated rings. The number of hydrogen-bond acceptors (Lipinski definition) is 2. The van der Waals surface area contributed by atoms with E-state index in [4.69, 9.17) is 0 Å². The van der Waals surface area contributed by atoms with Crippen LogP contribution in [0.25, 0.3) is 0 Å². The van der Waals surface area contributed by atoms with Crippen molar-refractivity contribution in [3.63, 3.8) is 0 Å². The maximum Gasteiger partial charge on any atom is 0.255 e. The van der Waals surface area contributed by atoms with Gasteiger partial charge < -0.3 is 5.32 Å². The van der Waals surface area contributed by atoms with Gasteiger partial charge in [-0.1, -0.05) is 45.4 Å². The first-order valence-corrected chi connectivity index (χ1v) is 9.54. The van der Waals surface area contributed by atoms with E-state index < -0.39 is 0 Å². The molecule has 0 atom stereocenters. The molecule has 3 rings (SSSR count). The van der Waals surface area contributed by atoms with Crippen molar-refractivity contribution in [1.82, 2.24) is 0 Å². The van der Waals surface area contributed by atoms with Gasteiger partial charge in [0.25, 0.3) is 5.91 Å². The van der Waals surface area contributed by atoms with Crippen LogP contribution >= 0.6 is 27.7 Å². The van der Waals surface area contributed by atoms with Gasteiger partial charge in [0, 0.05) is 25.5 Å². The van der Waals surface area contributed by atoms with Crippen molar-refractivity contribution >= 4 is 39.3 Å². The summed E-state index contributed by atoms with van der Waals surface area (Å²) in [7, 11) is 0. The van der Waals surface area contributed by atoms with Gasteiger partial charge in [-0.3, -0.25) is 4.79 Å². The van der Waals surface area contributed by atoms with Gasteiger partial charge in [-0.2, -0.15) is 0 Å². The highest BCUT2D eigenvalue weighted by Crippen LogP contribution is 2.29. The zero-order valence-electron chi connectivity index (χ0n) is 14.0. The van der Waals surface area contributed by atoms with Crippen LogP contribution < -0.4 is 5.32 Å². The van der Waals surface area contributed by atoms with E-state index in [-0.39, 0.29) is 5.91 Å². The first-order chi connectivity index (χ1) is 12.0. The summed E-state index contributed by atoms with van der Waals surface area (Å²) in [6.07, 6.45) is 0. The fourth-order valence-electron chi connectivity index (χ4n) is 2.42. The number of carbonyl (C=O) groups excluding carboxylic acids is 1. The predicted molar refractivity (Wildman–Crippen MR) is 109 cm³/mol. The number of hydrogen-bond donors (Lipinski definition) is 1. The molecule has 0 unspecified atom stereocenters. The Kier molecular flexibility index (Phi) is 5.61. The summed E-state index contributed by atoms with van der Waals surface area (Å²) in [6, 6.07) is 22.0. The molecule has 25 heavy (non-hydrogen) atoms. The smallest absolute Gasteiger partial charge is 0.255 e. The lowest BCUT2D eigenvalue weighted by Crippen LogP contribution is -2.13. The normalized spacial score (nSPS) is 10.5. The second-order valence-corrected chi connectivity index (χ2v) is 7.92. The third-order valence-electron chi connectivity index (χ3n) is 3.80. The van der Waals surface area contributed by atoms with Gasteiger partial charge in [-0.05, 0) is 74.0 Å². The molecule has 4 heteroatoms.